The summed E-state index contributed by atoms with van der Waals surface area (Å²) in [6.45, 7) is 0. The molecule has 0 atom stereocenters. The Morgan fingerprint density at radius 2 is 2.29 bits per heavy atom. The minimum atomic E-state index is -0.578. The van der Waals surface area contributed by atoms with Crippen LogP contribution in [0.2, 0.25) is 0 Å². The number of ketones is 1. The molecule has 2 aromatic rings. The van der Waals surface area contributed by atoms with Crippen molar-refractivity contribution in [2.24, 2.45) is 0 Å². The molecule has 2 nitrogen and oxygen atoms in total. The lowest BCUT2D eigenvalue weighted by atomic mass is 10.1. The Bertz CT molecular complexity index is 453. The van der Waals surface area contributed by atoms with E-state index in [9.17, 15) is 9.18 Å². The fraction of sp³-hybridized carbons (Fsp3) is 0. The van der Waals surface area contributed by atoms with Crippen LogP contribution in [0.15, 0.2) is 36.0 Å². The van der Waals surface area contributed by atoms with Gasteiger partial charge in [0, 0.05) is 6.20 Å². The second-order valence-electron chi connectivity index (χ2n) is 2.66. The van der Waals surface area contributed by atoms with Gasteiger partial charge in [-0.1, -0.05) is 6.07 Å². The number of carbonyl (C=O) groups excluding carboxylic acids is 1. The van der Waals surface area contributed by atoms with Crippen LogP contribution in [-0.4, -0.2) is 10.8 Å². The Hall–Kier alpha value is -1.55. The van der Waals surface area contributed by atoms with Gasteiger partial charge in [-0.15, -0.1) is 11.3 Å². The number of pyridine rings is 1. The molecule has 0 saturated carbocycles. The van der Waals surface area contributed by atoms with Crippen LogP contribution in [0.5, 0.6) is 0 Å². The van der Waals surface area contributed by atoms with Crippen LogP contribution < -0.4 is 0 Å². The molecular weight excluding hydrogens is 201 g/mol. The molecule has 0 aliphatic carbocycles. The van der Waals surface area contributed by atoms with E-state index in [0.717, 1.165) is 6.20 Å². The highest BCUT2D eigenvalue weighted by molar-refractivity contribution is 7.12. The summed E-state index contributed by atoms with van der Waals surface area (Å²) in [4.78, 5) is 15.8. The zero-order valence-corrected chi connectivity index (χ0v) is 7.92. The number of carbonyl (C=O) groups is 1. The lowest BCUT2D eigenvalue weighted by molar-refractivity contribution is 0.103. The van der Waals surface area contributed by atoms with Crippen molar-refractivity contribution in [2.75, 3.05) is 0 Å². The van der Waals surface area contributed by atoms with Crippen molar-refractivity contribution in [1.82, 2.24) is 4.98 Å². The van der Waals surface area contributed by atoms with E-state index < -0.39 is 5.82 Å². The quantitative estimate of drug-likeness (QED) is 0.708. The van der Waals surface area contributed by atoms with Crippen LogP contribution in [0.4, 0.5) is 4.39 Å². The second kappa shape index (κ2) is 3.67. The number of nitrogens with zero attached hydrogens (tertiary/aromatic N) is 1. The maximum Gasteiger partial charge on any atom is 0.205 e. The molecular formula is C10H6FNOS. The molecule has 0 aliphatic heterocycles. The molecule has 0 unspecified atom stereocenters. The van der Waals surface area contributed by atoms with E-state index in [1.54, 1.807) is 17.5 Å². The number of thiophene rings is 1. The molecule has 4 heteroatoms. The van der Waals surface area contributed by atoms with Crippen LogP contribution >= 0.6 is 11.3 Å². The standard InChI is InChI=1S/C10H6FNOS/c11-8-6-12-4-3-7(8)10(13)9-2-1-5-14-9/h1-6H. The minimum Gasteiger partial charge on any atom is -0.288 e. The average molecular weight is 207 g/mol. The maximum atomic E-state index is 13.2. The topological polar surface area (TPSA) is 30.0 Å². The third kappa shape index (κ3) is 1.56. The first kappa shape index (κ1) is 9.02. The van der Waals surface area contributed by atoms with E-state index in [1.807, 2.05) is 0 Å². The Balaban J connectivity index is 2.42. The second-order valence-corrected chi connectivity index (χ2v) is 3.61. The van der Waals surface area contributed by atoms with Gasteiger partial charge in [0.1, 0.15) is 0 Å². The van der Waals surface area contributed by atoms with Crippen LogP contribution in [0, 0.1) is 5.82 Å². The molecule has 2 rings (SSSR count). The first-order valence-electron chi connectivity index (χ1n) is 3.97. The first-order chi connectivity index (χ1) is 6.79. The van der Waals surface area contributed by atoms with Gasteiger partial charge in [-0.05, 0) is 17.5 Å². The largest absolute Gasteiger partial charge is 0.288 e. The summed E-state index contributed by atoms with van der Waals surface area (Å²) < 4.78 is 13.2. The van der Waals surface area contributed by atoms with E-state index in [4.69, 9.17) is 0 Å². The Morgan fingerprint density at radius 1 is 1.43 bits per heavy atom. The van der Waals surface area contributed by atoms with Gasteiger partial charge in [0.15, 0.2) is 5.82 Å². The zero-order chi connectivity index (χ0) is 9.97. The third-order valence-electron chi connectivity index (χ3n) is 1.76. The maximum absolute atomic E-state index is 13.2. The average Bonchev–Trinajstić information content (AvgIpc) is 2.70. The highest BCUT2D eigenvalue weighted by Gasteiger charge is 2.13. The SMILES string of the molecule is O=C(c1cccs1)c1ccncc1F. The predicted molar refractivity (Wildman–Crippen MR) is 51.9 cm³/mol. The Labute approximate surface area is 84.0 Å². The molecule has 0 N–H and O–H groups in total. The summed E-state index contributed by atoms with van der Waals surface area (Å²) in [5.41, 5.74) is 0.0717. The number of hydrogen-bond acceptors (Lipinski definition) is 3. The van der Waals surface area contributed by atoms with Crippen molar-refractivity contribution in [3.63, 3.8) is 0 Å². The van der Waals surface area contributed by atoms with Crippen molar-refractivity contribution >= 4 is 17.1 Å². The zero-order valence-electron chi connectivity index (χ0n) is 7.11. The molecule has 14 heavy (non-hydrogen) atoms. The van der Waals surface area contributed by atoms with E-state index >= 15 is 0 Å². The number of aromatic nitrogens is 1. The number of halogens is 1. The molecule has 2 aromatic heterocycles. The highest BCUT2D eigenvalue weighted by Crippen LogP contribution is 2.16. The molecule has 0 radical (unpaired) electrons. The molecule has 0 amide bonds. The summed E-state index contributed by atoms with van der Waals surface area (Å²) >= 11 is 1.30. The smallest absolute Gasteiger partial charge is 0.205 e. The molecule has 2 heterocycles. The molecule has 0 spiro atoms. The lowest BCUT2D eigenvalue weighted by Gasteiger charge is -1.98. The van der Waals surface area contributed by atoms with Gasteiger partial charge in [0.05, 0.1) is 16.6 Å². The summed E-state index contributed by atoms with van der Waals surface area (Å²) in [5.74, 6) is -0.870. The van der Waals surface area contributed by atoms with Crippen molar-refractivity contribution in [3.05, 3.63) is 52.2 Å². The monoisotopic (exact) mass is 207 g/mol. The van der Waals surface area contributed by atoms with Crippen LogP contribution in [-0.2, 0) is 0 Å². The summed E-state index contributed by atoms with van der Waals surface area (Å²) in [7, 11) is 0. The van der Waals surface area contributed by atoms with Crippen molar-refractivity contribution < 1.29 is 9.18 Å². The third-order valence-corrected chi connectivity index (χ3v) is 2.63. The summed E-state index contributed by atoms with van der Waals surface area (Å²) in [5, 5.41) is 1.78. The van der Waals surface area contributed by atoms with Crippen molar-refractivity contribution in [1.29, 1.82) is 0 Å². The molecule has 0 bridgehead atoms. The normalized spacial score (nSPS) is 10.1. The number of hydrogen-bond donors (Lipinski definition) is 0. The number of rotatable bonds is 2. The Kier molecular flexibility index (Phi) is 2.37. The summed E-state index contributed by atoms with van der Waals surface area (Å²) in [6.07, 6.45) is 2.45. The van der Waals surface area contributed by atoms with Gasteiger partial charge in [-0.25, -0.2) is 4.39 Å². The molecule has 0 fully saturated rings. The van der Waals surface area contributed by atoms with E-state index in [2.05, 4.69) is 4.98 Å². The van der Waals surface area contributed by atoms with Gasteiger partial charge in [-0.2, -0.15) is 0 Å². The van der Waals surface area contributed by atoms with E-state index in [-0.39, 0.29) is 11.3 Å². The van der Waals surface area contributed by atoms with E-state index in [0.29, 0.717) is 4.88 Å². The van der Waals surface area contributed by atoms with Gasteiger partial charge < -0.3 is 0 Å². The Morgan fingerprint density at radius 3 is 2.93 bits per heavy atom. The minimum absolute atomic E-state index is 0.0717. The van der Waals surface area contributed by atoms with Gasteiger partial charge in [-0.3, -0.25) is 9.78 Å². The van der Waals surface area contributed by atoms with Crippen LogP contribution in [0.1, 0.15) is 15.2 Å². The van der Waals surface area contributed by atoms with Crippen molar-refractivity contribution in [2.45, 2.75) is 0 Å². The van der Waals surface area contributed by atoms with Gasteiger partial charge in [0.2, 0.25) is 5.78 Å². The van der Waals surface area contributed by atoms with Crippen LogP contribution in [0.3, 0.4) is 0 Å². The van der Waals surface area contributed by atoms with E-state index in [1.165, 1.54) is 23.6 Å². The molecule has 0 aliphatic rings. The van der Waals surface area contributed by atoms with Gasteiger partial charge >= 0.3 is 0 Å². The molecule has 0 aromatic carbocycles. The summed E-state index contributed by atoms with van der Waals surface area (Å²) in [6, 6.07) is 4.82. The first-order valence-corrected chi connectivity index (χ1v) is 4.85. The fourth-order valence-electron chi connectivity index (χ4n) is 1.10. The van der Waals surface area contributed by atoms with Gasteiger partial charge in [0.25, 0.3) is 0 Å². The molecule has 70 valence electrons. The lowest BCUT2D eigenvalue weighted by Crippen LogP contribution is -2.02. The van der Waals surface area contributed by atoms with Crippen molar-refractivity contribution in [3.8, 4) is 0 Å². The fourth-order valence-corrected chi connectivity index (χ4v) is 1.78. The highest BCUT2D eigenvalue weighted by atomic mass is 32.1. The predicted octanol–water partition coefficient (Wildman–Crippen LogP) is 2.51. The van der Waals surface area contributed by atoms with Crippen LogP contribution in [0.25, 0.3) is 0 Å². The molecule has 0 saturated heterocycles.